The molecule has 0 aliphatic heterocycles. The lowest BCUT2D eigenvalue weighted by atomic mass is 9.93. The van der Waals surface area contributed by atoms with Gasteiger partial charge < -0.3 is 9.63 Å². The van der Waals surface area contributed by atoms with Crippen LogP contribution < -0.4 is 0 Å². The molecule has 12 heteroatoms. The number of carboxylic acid groups (broad SMARTS) is 1. The summed E-state index contributed by atoms with van der Waals surface area (Å²) in [6, 6.07) is 18.9. The summed E-state index contributed by atoms with van der Waals surface area (Å²) in [5.41, 5.74) is 4.24. The average Bonchev–Trinajstić information content (AvgIpc) is 3.62. The summed E-state index contributed by atoms with van der Waals surface area (Å²) >= 11 is 0. The summed E-state index contributed by atoms with van der Waals surface area (Å²) in [6.45, 7) is 1.08. The van der Waals surface area contributed by atoms with Crippen LogP contribution in [0.25, 0.3) is 44.4 Å². The number of benzene rings is 3. The van der Waals surface area contributed by atoms with Gasteiger partial charge in [-0.25, -0.2) is 17.2 Å². The molecule has 0 amide bonds. The number of pyridine rings is 1. The summed E-state index contributed by atoms with van der Waals surface area (Å²) in [5.74, 6) is -2.44. The van der Waals surface area contributed by atoms with Gasteiger partial charge in [0.1, 0.15) is 23.7 Å². The van der Waals surface area contributed by atoms with E-state index in [9.17, 15) is 17.2 Å². The lowest BCUT2D eigenvalue weighted by molar-refractivity contribution is -0.134. The van der Waals surface area contributed by atoms with Crippen LogP contribution in [0.4, 0.5) is 8.78 Å². The van der Waals surface area contributed by atoms with Crippen molar-refractivity contribution in [2.45, 2.75) is 17.6 Å². The van der Waals surface area contributed by atoms with Crippen LogP contribution in [0.5, 0.6) is 0 Å². The molecule has 0 saturated heterocycles. The fourth-order valence-electron chi connectivity index (χ4n) is 4.65. The SMILES string of the molecule is CC(=O)O.Cn1nccc1-c1cc(-c2cc(F)cc(F)c2)ccc1-c1nccc2cc(S(=O)(=O)Cc3ccon3)ccc12. The number of fused-ring (bicyclic) bond motifs is 1. The predicted molar refractivity (Wildman–Crippen MR) is 155 cm³/mol. The Morgan fingerprint density at radius 2 is 1.65 bits per heavy atom. The van der Waals surface area contributed by atoms with E-state index in [0.717, 1.165) is 35.2 Å². The van der Waals surface area contributed by atoms with Gasteiger partial charge in [-0.1, -0.05) is 23.4 Å². The summed E-state index contributed by atoms with van der Waals surface area (Å²) in [4.78, 5) is 13.8. The average molecular weight is 603 g/mol. The normalized spacial score (nSPS) is 11.3. The molecule has 3 aromatic carbocycles. The molecule has 0 fully saturated rings. The minimum atomic E-state index is -3.66. The van der Waals surface area contributed by atoms with E-state index in [0.29, 0.717) is 27.9 Å². The molecular formula is C31H24F2N4O5S. The number of carbonyl (C=O) groups is 1. The molecule has 0 saturated carbocycles. The maximum Gasteiger partial charge on any atom is 0.300 e. The first kappa shape index (κ1) is 29.3. The lowest BCUT2D eigenvalue weighted by Gasteiger charge is -2.15. The van der Waals surface area contributed by atoms with Crippen molar-refractivity contribution in [3.8, 4) is 33.6 Å². The number of carboxylic acids is 1. The zero-order valence-electron chi connectivity index (χ0n) is 22.9. The van der Waals surface area contributed by atoms with Crippen LogP contribution in [0, 0.1) is 11.6 Å². The van der Waals surface area contributed by atoms with Crippen molar-refractivity contribution in [2.75, 3.05) is 0 Å². The highest BCUT2D eigenvalue weighted by Crippen LogP contribution is 2.38. The Morgan fingerprint density at radius 1 is 0.907 bits per heavy atom. The van der Waals surface area contributed by atoms with Crippen molar-refractivity contribution >= 4 is 26.6 Å². The first-order valence-electron chi connectivity index (χ1n) is 12.8. The highest BCUT2D eigenvalue weighted by molar-refractivity contribution is 7.90. The number of rotatable bonds is 6. The van der Waals surface area contributed by atoms with Crippen molar-refractivity contribution < 1.29 is 31.6 Å². The van der Waals surface area contributed by atoms with E-state index in [-0.39, 0.29) is 10.6 Å². The highest BCUT2D eigenvalue weighted by Gasteiger charge is 2.20. The van der Waals surface area contributed by atoms with E-state index in [1.165, 1.54) is 24.5 Å². The smallest absolute Gasteiger partial charge is 0.300 e. The standard InChI is InChI=1S/C29H20F2N4O3S.C2H4O2/c1-35-28(7-10-33-35)27-15-18(20-12-21(30)16-22(31)13-20)2-4-26(27)29-25-5-3-24(14-19(25)6-9-32-29)39(36,37)17-23-8-11-38-34-23;1-2(3)4/h2-16H,17H2,1H3;1H3,(H,3,4). The zero-order chi connectivity index (χ0) is 30.7. The van der Waals surface area contributed by atoms with Gasteiger partial charge in [-0.2, -0.15) is 5.10 Å². The summed E-state index contributed by atoms with van der Waals surface area (Å²) < 4.78 is 60.4. The van der Waals surface area contributed by atoms with Crippen LogP contribution in [0.3, 0.4) is 0 Å². The van der Waals surface area contributed by atoms with Crippen LogP contribution in [-0.4, -0.2) is 39.4 Å². The number of sulfone groups is 1. The van der Waals surface area contributed by atoms with Gasteiger partial charge >= 0.3 is 0 Å². The Labute approximate surface area is 245 Å². The topological polar surface area (TPSA) is 128 Å². The van der Waals surface area contributed by atoms with Gasteiger partial charge in [0.25, 0.3) is 5.97 Å². The zero-order valence-corrected chi connectivity index (χ0v) is 23.7. The molecule has 0 unspecified atom stereocenters. The minimum absolute atomic E-state index is 0.158. The Morgan fingerprint density at radius 3 is 2.30 bits per heavy atom. The van der Waals surface area contributed by atoms with Crippen LogP contribution in [0.2, 0.25) is 0 Å². The Kier molecular flexibility index (Phi) is 8.13. The van der Waals surface area contributed by atoms with Gasteiger partial charge in [-0.15, -0.1) is 0 Å². The molecule has 0 bridgehead atoms. The Hall–Kier alpha value is -5.23. The van der Waals surface area contributed by atoms with Gasteiger partial charge in [0.05, 0.1) is 22.0 Å². The van der Waals surface area contributed by atoms with E-state index in [2.05, 4.69) is 15.2 Å². The van der Waals surface area contributed by atoms with Crippen molar-refractivity contribution in [2.24, 2.45) is 7.05 Å². The lowest BCUT2D eigenvalue weighted by Crippen LogP contribution is -2.05. The van der Waals surface area contributed by atoms with E-state index >= 15 is 0 Å². The Bertz CT molecular complexity index is 2030. The van der Waals surface area contributed by atoms with Crippen LogP contribution in [0.15, 0.2) is 101 Å². The largest absolute Gasteiger partial charge is 0.481 e. The molecule has 0 spiro atoms. The van der Waals surface area contributed by atoms with Crippen LogP contribution >= 0.6 is 0 Å². The van der Waals surface area contributed by atoms with E-state index in [1.54, 1.807) is 54.5 Å². The van der Waals surface area contributed by atoms with Crippen LogP contribution in [-0.2, 0) is 27.4 Å². The maximum atomic E-state index is 14.0. The number of hydrogen-bond donors (Lipinski definition) is 1. The van der Waals surface area contributed by atoms with Crippen molar-refractivity contribution in [3.63, 3.8) is 0 Å². The molecule has 218 valence electrons. The van der Waals surface area contributed by atoms with Gasteiger partial charge in [-0.05, 0) is 59.0 Å². The van der Waals surface area contributed by atoms with Crippen LogP contribution in [0.1, 0.15) is 12.6 Å². The molecule has 9 nitrogen and oxygen atoms in total. The summed E-state index contributed by atoms with van der Waals surface area (Å²) in [7, 11) is -1.86. The number of aryl methyl sites for hydroxylation is 1. The van der Waals surface area contributed by atoms with Gasteiger partial charge in [0.15, 0.2) is 9.84 Å². The number of aliphatic carboxylic acids is 1. The molecule has 6 rings (SSSR count). The molecular weight excluding hydrogens is 578 g/mol. The molecule has 1 N–H and O–H groups in total. The number of nitrogens with zero attached hydrogens (tertiary/aromatic N) is 4. The highest BCUT2D eigenvalue weighted by atomic mass is 32.2. The number of aromatic nitrogens is 4. The molecule has 0 aliphatic rings. The monoisotopic (exact) mass is 602 g/mol. The molecule has 43 heavy (non-hydrogen) atoms. The second kappa shape index (κ2) is 11.9. The van der Waals surface area contributed by atoms with Gasteiger partial charge in [-0.3, -0.25) is 14.5 Å². The molecule has 0 aliphatic carbocycles. The minimum Gasteiger partial charge on any atom is -0.481 e. The van der Waals surface area contributed by atoms with Crippen molar-refractivity contribution in [3.05, 3.63) is 109 Å². The number of halogens is 2. The second-order valence-corrected chi connectivity index (χ2v) is 11.6. The molecule has 0 radical (unpaired) electrons. The molecule has 3 heterocycles. The number of hydrogen-bond acceptors (Lipinski definition) is 7. The third kappa shape index (κ3) is 6.49. The molecule has 3 aromatic heterocycles. The summed E-state index contributed by atoms with van der Waals surface area (Å²) in [5, 5.41) is 16.8. The van der Waals surface area contributed by atoms with Gasteiger partial charge in [0.2, 0.25) is 0 Å². The first-order valence-corrected chi connectivity index (χ1v) is 14.5. The Balaban J connectivity index is 0.000000868. The molecule has 0 atom stereocenters. The summed E-state index contributed by atoms with van der Waals surface area (Å²) in [6.07, 6.45) is 4.61. The fraction of sp³-hybridized carbons (Fsp3) is 0.0968. The van der Waals surface area contributed by atoms with Crippen molar-refractivity contribution in [1.29, 1.82) is 0 Å². The van der Waals surface area contributed by atoms with E-state index < -0.39 is 27.4 Å². The third-order valence-electron chi connectivity index (χ3n) is 6.49. The first-order chi connectivity index (χ1) is 20.5. The van der Waals surface area contributed by atoms with Gasteiger partial charge in [0, 0.05) is 55.0 Å². The molecule has 6 aromatic rings. The van der Waals surface area contributed by atoms with E-state index in [1.807, 2.05) is 18.2 Å². The quantitative estimate of drug-likeness (QED) is 0.235. The van der Waals surface area contributed by atoms with Crippen molar-refractivity contribution in [1.82, 2.24) is 19.9 Å². The maximum absolute atomic E-state index is 14.0. The van der Waals surface area contributed by atoms with E-state index in [4.69, 9.17) is 14.4 Å². The predicted octanol–water partition coefficient (Wildman–Crippen LogP) is 6.30. The fourth-order valence-corrected chi connectivity index (χ4v) is 5.94. The second-order valence-electron chi connectivity index (χ2n) is 9.57. The third-order valence-corrected chi connectivity index (χ3v) is 8.14.